The molecule has 0 radical (unpaired) electrons. The van der Waals surface area contributed by atoms with Crippen LogP contribution >= 0.6 is 15.9 Å². The van der Waals surface area contributed by atoms with Crippen molar-refractivity contribution in [3.8, 4) is 23.1 Å². The lowest BCUT2D eigenvalue weighted by Gasteiger charge is -2.18. The largest absolute Gasteiger partial charge is 0.493 e. The molecule has 0 saturated carbocycles. The maximum absolute atomic E-state index is 13.8. The summed E-state index contributed by atoms with van der Waals surface area (Å²) in [4.78, 5) is 0. The molecule has 0 atom stereocenters. The molecule has 3 rings (SSSR count). The van der Waals surface area contributed by atoms with E-state index >= 15 is 0 Å². The summed E-state index contributed by atoms with van der Waals surface area (Å²) in [7, 11) is 0. The fraction of sp³-hybridized carbons (Fsp3) is 0.231. The third kappa shape index (κ3) is 1.90. The SMILES string of the molecule is N#Cc1c(F)ccc2c1-c1c(Br)cnn1CCCO2. The number of hydrogen-bond acceptors (Lipinski definition) is 3. The van der Waals surface area contributed by atoms with Gasteiger partial charge in [0.25, 0.3) is 0 Å². The molecule has 1 aliphatic rings. The predicted molar refractivity (Wildman–Crippen MR) is 70.1 cm³/mol. The fourth-order valence-electron chi connectivity index (χ4n) is 2.20. The van der Waals surface area contributed by atoms with Crippen molar-refractivity contribution in [2.45, 2.75) is 13.0 Å². The summed E-state index contributed by atoms with van der Waals surface area (Å²) < 4.78 is 21.9. The molecular weight excluding hydrogens is 313 g/mol. The van der Waals surface area contributed by atoms with Crippen LogP contribution in [-0.2, 0) is 6.54 Å². The summed E-state index contributed by atoms with van der Waals surface area (Å²) in [5.41, 5.74) is 1.14. The van der Waals surface area contributed by atoms with Gasteiger partial charge >= 0.3 is 0 Å². The Morgan fingerprint density at radius 3 is 3.11 bits per heavy atom. The van der Waals surface area contributed by atoms with Crippen molar-refractivity contribution in [3.63, 3.8) is 0 Å². The number of rotatable bonds is 0. The van der Waals surface area contributed by atoms with Gasteiger partial charge in [-0.1, -0.05) is 0 Å². The zero-order valence-corrected chi connectivity index (χ0v) is 11.4. The summed E-state index contributed by atoms with van der Waals surface area (Å²) in [6, 6.07) is 4.73. The third-order valence-corrected chi connectivity index (χ3v) is 3.61. The number of aromatic nitrogens is 2. The molecule has 2 aromatic rings. The standard InChI is InChI=1S/C13H9BrFN3O/c14-9-7-17-18-4-1-5-19-11-3-2-10(15)8(6-16)12(11)13(9)18/h2-3,7H,1,4-5H2. The van der Waals surface area contributed by atoms with Crippen LogP contribution in [0.3, 0.4) is 0 Å². The van der Waals surface area contributed by atoms with Gasteiger partial charge in [0.05, 0.1) is 28.5 Å². The molecule has 4 nitrogen and oxygen atoms in total. The molecule has 1 aliphatic heterocycles. The van der Waals surface area contributed by atoms with Crippen LogP contribution in [0.1, 0.15) is 12.0 Å². The van der Waals surface area contributed by atoms with Gasteiger partial charge in [0.2, 0.25) is 0 Å². The van der Waals surface area contributed by atoms with E-state index in [0.29, 0.717) is 30.2 Å². The van der Waals surface area contributed by atoms with Crippen LogP contribution < -0.4 is 4.74 Å². The Kier molecular flexibility index (Phi) is 2.99. The Morgan fingerprint density at radius 1 is 1.47 bits per heavy atom. The van der Waals surface area contributed by atoms with Crippen molar-refractivity contribution in [3.05, 3.63) is 34.2 Å². The summed E-state index contributed by atoms with van der Waals surface area (Å²) >= 11 is 3.40. The number of aryl methyl sites for hydroxylation is 1. The lowest BCUT2D eigenvalue weighted by atomic mass is 10.0. The summed E-state index contributed by atoms with van der Waals surface area (Å²) in [5, 5.41) is 13.4. The highest BCUT2D eigenvalue weighted by molar-refractivity contribution is 9.10. The summed E-state index contributed by atoms with van der Waals surface area (Å²) in [6.45, 7) is 1.18. The van der Waals surface area contributed by atoms with Crippen molar-refractivity contribution in [2.24, 2.45) is 0 Å². The minimum atomic E-state index is -0.551. The van der Waals surface area contributed by atoms with Crippen LogP contribution in [0.2, 0.25) is 0 Å². The molecule has 6 heteroatoms. The molecule has 0 fully saturated rings. The van der Waals surface area contributed by atoms with Crippen molar-refractivity contribution in [1.29, 1.82) is 5.26 Å². The number of nitriles is 1. The van der Waals surface area contributed by atoms with Gasteiger partial charge < -0.3 is 4.74 Å². The van der Waals surface area contributed by atoms with Gasteiger partial charge in [0, 0.05) is 13.0 Å². The molecule has 1 aromatic heterocycles. The summed E-state index contributed by atoms with van der Waals surface area (Å²) in [6.07, 6.45) is 2.45. The van der Waals surface area contributed by atoms with Crippen LogP contribution in [0, 0.1) is 17.1 Å². The molecule has 2 heterocycles. The van der Waals surface area contributed by atoms with Gasteiger partial charge in [-0.2, -0.15) is 10.4 Å². The minimum Gasteiger partial charge on any atom is -0.493 e. The maximum Gasteiger partial charge on any atom is 0.141 e. The molecule has 0 aliphatic carbocycles. The quantitative estimate of drug-likeness (QED) is 0.749. The Morgan fingerprint density at radius 2 is 2.32 bits per heavy atom. The van der Waals surface area contributed by atoms with Gasteiger partial charge in [0.15, 0.2) is 0 Å². The number of nitrogens with zero attached hydrogens (tertiary/aromatic N) is 3. The van der Waals surface area contributed by atoms with Crippen molar-refractivity contribution >= 4 is 15.9 Å². The molecule has 96 valence electrons. The molecule has 0 spiro atoms. The number of fused-ring (bicyclic) bond motifs is 3. The van der Waals surface area contributed by atoms with E-state index in [0.717, 1.165) is 10.9 Å². The van der Waals surface area contributed by atoms with Crippen molar-refractivity contribution in [2.75, 3.05) is 6.61 Å². The predicted octanol–water partition coefficient (Wildman–Crippen LogP) is 3.11. The van der Waals surface area contributed by atoms with Gasteiger partial charge in [-0.15, -0.1) is 0 Å². The topological polar surface area (TPSA) is 50.8 Å². The van der Waals surface area contributed by atoms with Crippen LogP contribution in [-0.4, -0.2) is 16.4 Å². The van der Waals surface area contributed by atoms with Crippen molar-refractivity contribution in [1.82, 2.24) is 9.78 Å². The molecule has 1 aromatic carbocycles. The number of halogens is 2. The first-order valence-corrected chi connectivity index (χ1v) is 6.58. The average molecular weight is 322 g/mol. The number of benzene rings is 1. The monoisotopic (exact) mass is 321 g/mol. The second-order valence-corrected chi connectivity index (χ2v) is 5.03. The Labute approximate surface area is 117 Å². The molecule has 0 amide bonds. The lowest BCUT2D eigenvalue weighted by Crippen LogP contribution is -2.12. The zero-order chi connectivity index (χ0) is 13.4. The third-order valence-electron chi connectivity index (χ3n) is 3.03. The second-order valence-electron chi connectivity index (χ2n) is 4.17. The van der Waals surface area contributed by atoms with E-state index in [1.807, 2.05) is 6.07 Å². The molecule has 0 unspecified atom stereocenters. The van der Waals surface area contributed by atoms with Crippen LogP contribution in [0.25, 0.3) is 11.3 Å². The first-order valence-electron chi connectivity index (χ1n) is 5.79. The van der Waals surface area contributed by atoms with E-state index in [1.165, 1.54) is 6.07 Å². The highest BCUT2D eigenvalue weighted by atomic mass is 79.9. The summed E-state index contributed by atoms with van der Waals surface area (Å²) in [5.74, 6) is -0.0369. The minimum absolute atomic E-state index is 0.0122. The van der Waals surface area contributed by atoms with E-state index in [9.17, 15) is 9.65 Å². The van der Waals surface area contributed by atoms with Crippen molar-refractivity contribution < 1.29 is 9.13 Å². The molecule has 0 N–H and O–H groups in total. The van der Waals surface area contributed by atoms with Gasteiger partial charge in [-0.25, -0.2) is 4.39 Å². The average Bonchev–Trinajstić information content (AvgIpc) is 2.73. The molecule has 0 bridgehead atoms. The molecule has 0 saturated heterocycles. The fourth-order valence-corrected chi connectivity index (χ4v) is 2.69. The highest BCUT2D eigenvalue weighted by Gasteiger charge is 2.23. The van der Waals surface area contributed by atoms with E-state index in [-0.39, 0.29) is 5.56 Å². The van der Waals surface area contributed by atoms with E-state index in [2.05, 4.69) is 21.0 Å². The number of hydrogen-bond donors (Lipinski definition) is 0. The van der Waals surface area contributed by atoms with Crippen LogP contribution in [0.4, 0.5) is 4.39 Å². The Hall–Kier alpha value is -1.87. The second kappa shape index (κ2) is 4.67. The molecule has 19 heavy (non-hydrogen) atoms. The zero-order valence-electron chi connectivity index (χ0n) is 9.86. The maximum atomic E-state index is 13.8. The normalized spacial score (nSPS) is 13.5. The Balaban J connectivity index is 2.38. The molecular formula is C13H9BrFN3O. The van der Waals surface area contributed by atoms with Crippen LogP contribution in [0.15, 0.2) is 22.8 Å². The van der Waals surface area contributed by atoms with E-state index in [4.69, 9.17) is 4.74 Å². The van der Waals surface area contributed by atoms with Gasteiger partial charge in [-0.05, 0) is 28.1 Å². The van der Waals surface area contributed by atoms with Crippen LogP contribution in [0.5, 0.6) is 5.75 Å². The van der Waals surface area contributed by atoms with Gasteiger partial charge in [0.1, 0.15) is 23.2 Å². The Bertz CT molecular complexity index is 690. The number of ether oxygens (including phenoxy) is 1. The first kappa shape index (κ1) is 12.2. The van der Waals surface area contributed by atoms with Gasteiger partial charge in [-0.3, -0.25) is 4.68 Å². The smallest absolute Gasteiger partial charge is 0.141 e. The first-order chi connectivity index (χ1) is 9.22. The van der Waals surface area contributed by atoms with E-state index in [1.54, 1.807) is 16.9 Å². The van der Waals surface area contributed by atoms with E-state index < -0.39 is 5.82 Å². The highest BCUT2D eigenvalue weighted by Crippen LogP contribution is 2.39. The lowest BCUT2D eigenvalue weighted by molar-refractivity contribution is 0.294.